The van der Waals surface area contributed by atoms with Gasteiger partial charge < -0.3 is 59.0 Å². The van der Waals surface area contributed by atoms with Crippen LogP contribution >= 0.6 is 11.8 Å². The molecule has 0 aliphatic carbocycles. The van der Waals surface area contributed by atoms with E-state index < -0.39 is 94.7 Å². The Morgan fingerprint density at radius 1 is 0.831 bits per heavy atom. The van der Waals surface area contributed by atoms with Gasteiger partial charge in [-0.25, -0.2) is 0 Å². The third-order valence-electron chi connectivity index (χ3n) is 8.24. The van der Waals surface area contributed by atoms with Gasteiger partial charge in [0.25, 0.3) is 0 Å². The first-order valence-corrected chi connectivity index (χ1v) is 19.4. The van der Waals surface area contributed by atoms with Crippen molar-refractivity contribution in [2.75, 3.05) is 18.8 Å². The van der Waals surface area contributed by atoms with Gasteiger partial charge in [0.05, 0.1) is 24.3 Å². The molecular formula is C36H55F3N10O9S. The van der Waals surface area contributed by atoms with Crippen LogP contribution in [-0.2, 0) is 44.8 Å². The molecular weight excluding hydrogens is 806 g/mol. The van der Waals surface area contributed by atoms with Gasteiger partial charge in [-0.1, -0.05) is 37.7 Å². The summed E-state index contributed by atoms with van der Waals surface area (Å²) in [7, 11) is 0. The van der Waals surface area contributed by atoms with Crippen molar-refractivity contribution in [1.29, 1.82) is 0 Å². The number of carbonyl (C=O) groups is 8. The number of aliphatic imine (C=N–C) groups is 1. The number of phenolic OH excluding ortho intramolecular Hbond substituents is 1. The molecule has 0 aromatic heterocycles. The van der Waals surface area contributed by atoms with Gasteiger partial charge in [0.1, 0.15) is 35.7 Å². The molecule has 0 bridgehead atoms. The minimum absolute atomic E-state index is 0.0154. The smallest absolute Gasteiger partial charge is 0.398 e. The highest BCUT2D eigenvalue weighted by Gasteiger charge is 2.36. The molecule has 0 saturated carbocycles. The minimum Gasteiger partial charge on any atom is -0.508 e. The number of hydrogen-bond acceptors (Lipinski definition) is 12. The number of rotatable bonds is 25. The van der Waals surface area contributed by atoms with E-state index >= 15 is 0 Å². The van der Waals surface area contributed by atoms with E-state index in [1.807, 2.05) is 13.8 Å². The Balaban J connectivity index is 3.32. The van der Waals surface area contributed by atoms with E-state index in [0.29, 0.717) is 11.8 Å². The third-order valence-corrected chi connectivity index (χ3v) is 9.35. The molecule has 330 valence electrons. The lowest BCUT2D eigenvalue weighted by Crippen LogP contribution is -2.61. The molecule has 1 rings (SSSR count). The quantitative estimate of drug-likeness (QED) is 0.0238. The predicted octanol–water partition coefficient (Wildman–Crippen LogP) is -1.26. The molecule has 1 aromatic carbocycles. The average molecular weight is 861 g/mol. The van der Waals surface area contributed by atoms with Crippen LogP contribution in [0.25, 0.3) is 0 Å². The largest absolute Gasteiger partial charge is 0.508 e. The van der Waals surface area contributed by atoms with Crippen LogP contribution in [0.5, 0.6) is 5.75 Å². The Kier molecular flexibility index (Phi) is 21.4. The first kappa shape index (κ1) is 51.6. The number of guanidine groups is 1. The number of aromatic hydroxyl groups is 1. The van der Waals surface area contributed by atoms with Gasteiger partial charge in [-0.05, 0) is 63.1 Å². The number of amides is 6. The minimum atomic E-state index is -4.65. The second-order valence-corrected chi connectivity index (χ2v) is 15.3. The number of aldehydes is 1. The summed E-state index contributed by atoms with van der Waals surface area (Å²) < 4.78 is 37.7. The van der Waals surface area contributed by atoms with Crippen molar-refractivity contribution in [3.63, 3.8) is 0 Å². The number of nitrogens with one attached hydrogen (secondary N) is 6. The average Bonchev–Trinajstić information content (AvgIpc) is 3.12. The fourth-order valence-corrected chi connectivity index (χ4v) is 6.19. The highest BCUT2D eigenvalue weighted by atomic mass is 32.2. The van der Waals surface area contributed by atoms with Crippen LogP contribution in [0, 0.1) is 5.92 Å². The molecule has 0 spiro atoms. The molecule has 6 atom stereocenters. The molecule has 0 aliphatic rings. The summed E-state index contributed by atoms with van der Waals surface area (Å²) in [6.45, 7) is 7.10. The maximum atomic E-state index is 14.0. The van der Waals surface area contributed by atoms with E-state index in [2.05, 4.69) is 36.9 Å². The maximum Gasteiger partial charge on any atom is 0.398 e. The fourth-order valence-electron chi connectivity index (χ4n) is 5.58. The van der Waals surface area contributed by atoms with E-state index in [1.165, 1.54) is 26.0 Å². The van der Waals surface area contributed by atoms with Crippen molar-refractivity contribution in [3.8, 4) is 5.75 Å². The van der Waals surface area contributed by atoms with Gasteiger partial charge in [0.15, 0.2) is 5.96 Å². The number of nitrogens with two attached hydrogens (primary N) is 3. The molecule has 59 heavy (non-hydrogen) atoms. The van der Waals surface area contributed by atoms with E-state index in [4.69, 9.17) is 17.2 Å². The number of nitrogens with zero attached hydrogens (tertiary/aromatic N) is 1. The second-order valence-electron chi connectivity index (χ2n) is 14.3. The topological polar surface area (TPSA) is 319 Å². The van der Waals surface area contributed by atoms with Crippen molar-refractivity contribution in [3.05, 3.63) is 29.8 Å². The van der Waals surface area contributed by atoms with Crippen molar-refractivity contribution in [1.82, 2.24) is 31.9 Å². The van der Waals surface area contributed by atoms with Crippen LogP contribution < -0.4 is 49.1 Å². The normalized spacial score (nSPS) is 14.9. The Bertz CT molecular complexity index is 1660. The highest BCUT2D eigenvalue weighted by Crippen LogP contribution is 2.22. The van der Waals surface area contributed by atoms with Crippen LogP contribution in [0.4, 0.5) is 13.2 Å². The van der Waals surface area contributed by atoms with Gasteiger partial charge in [0.2, 0.25) is 40.6 Å². The number of phenols is 1. The molecule has 19 nitrogen and oxygen atoms in total. The Hall–Kier alpha value is -5.45. The zero-order valence-corrected chi connectivity index (χ0v) is 34.3. The summed E-state index contributed by atoms with van der Waals surface area (Å²) in [6, 6.07) is -1.15. The number of carbonyl (C=O) groups excluding carboxylic acids is 8. The summed E-state index contributed by atoms with van der Waals surface area (Å²) >= 11 is -0.0860. The maximum absolute atomic E-state index is 14.0. The van der Waals surface area contributed by atoms with E-state index in [1.54, 1.807) is 12.1 Å². The molecule has 23 heteroatoms. The first-order chi connectivity index (χ1) is 27.4. The Morgan fingerprint density at radius 2 is 1.39 bits per heavy atom. The predicted molar refractivity (Wildman–Crippen MR) is 212 cm³/mol. The number of hydrogen-bond donors (Lipinski definition) is 10. The molecule has 0 aliphatic heterocycles. The molecule has 13 N–H and O–H groups in total. The Morgan fingerprint density at radius 3 is 1.92 bits per heavy atom. The SMILES string of the molecule is CC(=O)N[C@@](C=O)(CN[C@@H](Cc1ccc(O)cc1)C(=O)N[C@@H](CCCN=C(N)N)C(=O)N[C@@H](C)C(=O)N[C@@H](CC(N)=O)C(=O)N[C@@H](C)C(=O)SCC(F)(F)F)CC(C)C. The zero-order valence-electron chi connectivity index (χ0n) is 33.4. The summed E-state index contributed by atoms with van der Waals surface area (Å²) in [5.41, 5.74) is 15.2. The van der Waals surface area contributed by atoms with Gasteiger partial charge in [-0.15, -0.1) is 0 Å². The zero-order chi connectivity index (χ0) is 45.1. The number of halogens is 3. The molecule has 6 amide bonds. The summed E-state index contributed by atoms with van der Waals surface area (Å²) in [5, 5.41) is 23.9. The van der Waals surface area contributed by atoms with Crippen LogP contribution in [0.1, 0.15) is 65.9 Å². The van der Waals surface area contributed by atoms with E-state index in [0.717, 1.165) is 6.92 Å². The lowest BCUT2D eigenvalue weighted by molar-refractivity contribution is -0.135. The molecule has 0 heterocycles. The fraction of sp³-hybridized carbons (Fsp3) is 0.583. The summed E-state index contributed by atoms with van der Waals surface area (Å²) in [5.74, 6) is -7.13. The van der Waals surface area contributed by atoms with Gasteiger partial charge in [0, 0.05) is 20.0 Å². The van der Waals surface area contributed by atoms with Crippen LogP contribution in [0.15, 0.2) is 29.3 Å². The number of thioether (sulfide) groups is 1. The number of alkyl halides is 3. The monoisotopic (exact) mass is 860 g/mol. The van der Waals surface area contributed by atoms with E-state index in [-0.39, 0.29) is 68.2 Å². The molecule has 0 fully saturated rings. The Labute approximate surface area is 343 Å². The van der Waals surface area contributed by atoms with Crippen molar-refractivity contribution in [2.45, 2.75) is 109 Å². The van der Waals surface area contributed by atoms with Crippen LogP contribution in [0.2, 0.25) is 0 Å². The van der Waals surface area contributed by atoms with Crippen molar-refractivity contribution in [2.24, 2.45) is 28.1 Å². The van der Waals surface area contributed by atoms with Gasteiger partial charge >= 0.3 is 6.18 Å². The second kappa shape index (κ2) is 24.5. The summed E-state index contributed by atoms with van der Waals surface area (Å²) in [6.07, 6.45) is -4.57. The third kappa shape index (κ3) is 20.7. The van der Waals surface area contributed by atoms with Gasteiger partial charge in [-0.2, -0.15) is 13.2 Å². The molecule has 0 radical (unpaired) electrons. The highest BCUT2D eigenvalue weighted by molar-refractivity contribution is 8.13. The van der Waals surface area contributed by atoms with Crippen molar-refractivity contribution < 1.29 is 56.6 Å². The van der Waals surface area contributed by atoms with Crippen LogP contribution in [-0.4, -0.2) is 119 Å². The number of primary amides is 1. The first-order valence-electron chi connectivity index (χ1n) is 18.4. The lowest BCUT2D eigenvalue weighted by Gasteiger charge is -2.33. The number of benzene rings is 1. The lowest BCUT2D eigenvalue weighted by atomic mass is 9.89. The van der Waals surface area contributed by atoms with Crippen molar-refractivity contribution >= 4 is 64.6 Å². The molecule has 0 saturated heterocycles. The van der Waals surface area contributed by atoms with Gasteiger partial charge in [-0.3, -0.25) is 38.6 Å². The molecule has 0 unspecified atom stereocenters. The van der Waals surface area contributed by atoms with Crippen LogP contribution in [0.3, 0.4) is 0 Å². The van der Waals surface area contributed by atoms with E-state index in [9.17, 15) is 56.6 Å². The standard InChI is InChI=1S/C36H55F3N10O9S/c1-19(2)15-35(17-50,49-22(5)51)16-44-26(13-23-8-10-24(52)11-9-23)31(56)47-25(7-6-12-43-34(41)42)30(55)45-20(3)29(54)48-27(14-28(40)53)32(57)46-21(4)33(58)59-18-36(37,38)39/h8-11,17,19-21,25-27,44,52H,6-7,12-16,18H2,1-5H3,(H2,40,53)(H,45,55)(H,46,57)(H,47,56)(H,48,54)(H,49,51)(H4,41,42,43)/t20-,21-,25-,26-,27-,35+/m0/s1. The summed E-state index contributed by atoms with van der Waals surface area (Å²) in [4.78, 5) is 106. The molecule has 1 aromatic rings.